The van der Waals surface area contributed by atoms with Crippen molar-refractivity contribution in [3.05, 3.63) is 40.6 Å². The van der Waals surface area contributed by atoms with Crippen molar-refractivity contribution >= 4 is 22.3 Å². The molecule has 6 nitrogen and oxygen atoms in total. The summed E-state index contributed by atoms with van der Waals surface area (Å²) in [6, 6.07) is 6.97. The van der Waals surface area contributed by atoms with Crippen molar-refractivity contribution < 1.29 is 4.92 Å². The highest BCUT2D eigenvalue weighted by molar-refractivity contribution is 5.97. The first-order chi connectivity index (χ1) is 10.7. The lowest BCUT2D eigenvalue weighted by molar-refractivity contribution is -0.383. The molecule has 2 aromatic rings. The molecule has 1 aliphatic heterocycles. The van der Waals surface area contributed by atoms with Crippen molar-refractivity contribution in [3.8, 4) is 0 Å². The van der Waals surface area contributed by atoms with Gasteiger partial charge in [-0.3, -0.25) is 15.1 Å². The van der Waals surface area contributed by atoms with Crippen LogP contribution in [-0.4, -0.2) is 36.6 Å². The van der Waals surface area contributed by atoms with Crippen LogP contribution in [0.2, 0.25) is 0 Å². The summed E-state index contributed by atoms with van der Waals surface area (Å²) in [7, 11) is 1.97. The van der Waals surface area contributed by atoms with Gasteiger partial charge in [0, 0.05) is 25.4 Å². The summed E-state index contributed by atoms with van der Waals surface area (Å²) in [5.41, 5.74) is 1.85. The number of anilines is 1. The minimum atomic E-state index is -0.339. The predicted octanol–water partition coefficient (Wildman–Crippen LogP) is 2.58. The van der Waals surface area contributed by atoms with Gasteiger partial charge in [-0.05, 0) is 50.6 Å². The number of hydrogen-bond donors (Lipinski definition) is 1. The molecule has 0 amide bonds. The number of nitro groups is 1. The lowest BCUT2D eigenvalue weighted by atomic mass is 9.97. The van der Waals surface area contributed by atoms with Crippen molar-refractivity contribution in [2.75, 3.05) is 31.6 Å². The lowest BCUT2D eigenvalue weighted by Gasteiger charge is -2.34. The first kappa shape index (κ1) is 14.7. The molecule has 0 radical (unpaired) electrons. The van der Waals surface area contributed by atoms with Gasteiger partial charge in [-0.2, -0.15) is 0 Å². The molecule has 22 heavy (non-hydrogen) atoms. The maximum atomic E-state index is 11.2. The third-order valence-electron chi connectivity index (χ3n) is 4.27. The summed E-state index contributed by atoms with van der Waals surface area (Å²) in [6.07, 6.45) is 4.05. The third kappa shape index (κ3) is 2.74. The van der Waals surface area contributed by atoms with E-state index in [1.807, 2.05) is 13.1 Å². The van der Waals surface area contributed by atoms with E-state index in [1.165, 1.54) is 6.42 Å². The van der Waals surface area contributed by atoms with Crippen LogP contribution in [0.1, 0.15) is 12.8 Å². The van der Waals surface area contributed by atoms with Gasteiger partial charge in [0.05, 0.1) is 16.0 Å². The maximum Gasteiger partial charge on any atom is 0.278 e. The molecule has 116 valence electrons. The zero-order valence-electron chi connectivity index (χ0n) is 12.7. The van der Waals surface area contributed by atoms with Crippen LogP contribution in [0.4, 0.5) is 11.4 Å². The minimum absolute atomic E-state index is 0.121. The van der Waals surface area contributed by atoms with Crippen LogP contribution in [-0.2, 0) is 0 Å². The van der Waals surface area contributed by atoms with Gasteiger partial charge in [-0.25, -0.2) is 0 Å². The van der Waals surface area contributed by atoms with Crippen LogP contribution in [0, 0.1) is 16.0 Å². The average molecular weight is 300 g/mol. The van der Waals surface area contributed by atoms with Crippen LogP contribution in [0.25, 0.3) is 10.9 Å². The number of pyridine rings is 1. The number of aromatic nitrogens is 1. The van der Waals surface area contributed by atoms with E-state index in [0.29, 0.717) is 11.3 Å². The fourth-order valence-corrected chi connectivity index (χ4v) is 3.30. The Morgan fingerprint density at radius 3 is 3.09 bits per heavy atom. The number of fused-ring (bicyclic) bond motifs is 1. The quantitative estimate of drug-likeness (QED) is 0.694. The molecule has 0 saturated carbocycles. The first-order valence-corrected chi connectivity index (χ1v) is 7.62. The smallest absolute Gasteiger partial charge is 0.278 e. The highest BCUT2D eigenvalue weighted by Gasteiger charge is 2.23. The third-order valence-corrected chi connectivity index (χ3v) is 4.27. The van der Waals surface area contributed by atoms with Crippen LogP contribution in [0.15, 0.2) is 30.5 Å². The number of rotatable bonds is 4. The summed E-state index contributed by atoms with van der Waals surface area (Å²) in [4.78, 5) is 17.6. The Balaban J connectivity index is 2.01. The maximum absolute atomic E-state index is 11.2. The Bertz CT molecular complexity index is 687. The fourth-order valence-electron chi connectivity index (χ4n) is 3.30. The summed E-state index contributed by atoms with van der Waals surface area (Å²) in [5.74, 6) is 0.604. The molecule has 1 aliphatic rings. The molecular weight excluding hydrogens is 280 g/mol. The second-order valence-electron chi connectivity index (χ2n) is 5.77. The monoisotopic (exact) mass is 300 g/mol. The lowest BCUT2D eigenvalue weighted by Crippen LogP contribution is -2.39. The normalized spacial score (nSPS) is 18.6. The number of nitro benzene ring substituents is 1. The number of hydrogen-bond acceptors (Lipinski definition) is 5. The SMILES string of the molecule is CNCC1CCCN(c2ccc([N+](=O)[O-])c3cccnc23)C1. The van der Waals surface area contributed by atoms with Gasteiger partial charge >= 0.3 is 0 Å². The van der Waals surface area contributed by atoms with Gasteiger partial charge in [0.2, 0.25) is 0 Å². The highest BCUT2D eigenvalue weighted by atomic mass is 16.6. The van der Waals surface area contributed by atoms with Crippen molar-refractivity contribution in [1.29, 1.82) is 0 Å². The highest BCUT2D eigenvalue weighted by Crippen LogP contribution is 2.33. The Hall–Kier alpha value is -2.21. The molecule has 1 saturated heterocycles. The van der Waals surface area contributed by atoms with Crippen molar-refractivity contribution in [1.82, 2.24) is 10.3 Å². The van der Waals surface area contributed by atoms with Crippen molar-refractivity contribution in [2.45, 2.75) is 12.8 Å². The van der Waals surface area contributed by atoms with Gasteiger partial charge in [0.15, 0.2) is 0 Å². The molecule has 1 aromatic heterocycles. The van der Waals surface area contributed by atoms with E-state index in [2.05, 4.69) is 15.2 Å². The summed E-state index contributed by atoms with van der Waals surface area (Å²) < 4.78 is 0. The second-order valence-corrected chi connectivity index (χ2v) is 5.77. The number of nitrogens with zero attached hydrogens (tertiary/aromatic N) is 3. The number of non-ortho nitro benzene ring substituents is 1. The van der Waals surface area contributed by atoms with Crippen LogP contribution in [0.3, 0.4) is 0 Å². The van der Waals surface area contributed by atoms with E-state index in [0.717, 1.165) is 37.3 Å². The standard InChI is InChI=1S/C16H20N4O2/c1-17-10-12-4-3-9-19(11-12)15-7-6-14(20(21)22)13-5-2-8-18-16(13)15/h2,5-8,12,17H,3-4,9-11H2,1H3. The molecule has 1 N–H and O–H groups in total. The van der Waals surface area contributed by atoms with Crippen LogP contribution in [0.5, 0.6) is 0 Å². The van der Waals surface area contributed by atoms with Crippen molar-refractivity contribution in [2.24, 2.45) is 5.92 Å². The topological polar surface area (TPSA) is 71.3 Å². The molecule has 0 aliphatic carbocycles. The Kier molecular flexibility index (Phi) is 4.20. The Morgan fingerprint density at radius 2 is 2.32 bits per heavy atom. The van der Waals surface area contributed by atoms with Gasteiger partial charge in [0.25, 0.3) is 5.69 Å². The summed E-state index contributed by atoms with van der Waals surface area (Å²) >= 11 is 0. The molecule has 6 heteroatoms. The summed E-state index contributed by atoms with van der Waals surface area (Å²) in [5, 5.41) is 15.0. The fraction of sp³-hybridized carbons (Fsp3) is 0.438. The van der Waals surface area contributed by atoms with E-state index in [9.17, 15) is 10.1 Å². The van der Waals surface area contributed by atoms with E-state index in [-0.39, 0.29) is 10.6 Å². The number of benzene rings is 1. The van der Waals surface area contributed by atoms with E-state index >= 15 is 0 Å². The van der Waals surface area contributed by atoms with Gasteiger partial charge in [-0.1, -0.05) is 0 Å². The predicted molar refractivity (Wildman–Crippen MR) is 87.3 cm³/mol. The molecule has 1 fully saturated rings. The number of piperidine rings is 1. The second kappa shape index (κ2) is 6.27. The Morgan fingerprint density at radius 1 is 1.45 bits per heavy atom. The van der Waals surface area contributed by atoms with Gasteiger partial charge in [0.1, 0.15) is 5.52 Å². The average Bonchev–Trinajstić information content (AvgIpc) is 2.54. The molecule has 1 aromatic carbocycles. The molecule has 1 atom stereocenters. The van der Waals surface area contributed by atoms with E-state index in [1.54, 1.807) is 24.4 Å². The van der Waals surface area contributed by atoms with E-state index < -0.39 is 0 Å². The number of nitrogens with one attached hydrogen (secondary N) is 1. The largest absolute Gasteiger partial charge is 0.369 e. The molecule has 0 spiro atoms. The molecule has 0 bridgehead atoms. The first-order valence-electron chi connectivity index (χ1n) is 7.62. The molecule has 3 rings (SSSR count). The summed E-state index contributed by atoms with van der Waals surface area (Å²) in [6.45, 7) is 2.93. The zero-order chi connectivity index (χ0) is 15.5. The van der Waals surface area contributed by atoms with Gasteiger partial charge < -0.3 is 10.2 Å². The van der Waals surface area contributed by atoms with Crippen LogP contribution >= 0.6 is 0 Å². The molecule has 1 unspecified atom stereocenters. The van der Waals surface area contributed by atoms with E-state index in [4.69, 9.17) is 0 Å². The Labute approximate surface area is 129 Å². The molecule has 2 heterocycles. The minimum Gasteiger partial charge on any atom is -0.369 e. The van der Waals surface area contributed by atoms with Gasteiger partial charge in [-0.15, -0.1) is 0 Å². The van der Waals surface area contributed by atoms with Crippen molar-refractivity contribution in [3.63, 3.8) is 0 Å². The zero-order valence-corrected chi connectivity index (χ0v) is 12.7. The van der Waals surface area contributed by atoms with Crippen LogP contribution < -0.4 is 10.2 Å². The molecular formula is C16H20N4O2.